The Morgan fingerprint density at radius 2 is 1.84 bits per heavy atom. The van der Waals surface area contributed by atoms with E-state index in [1.807, 2.05) is 53.9 Å². The number of hydrogen-bond acceptors (Lipinski definition) is 7. The van der Waals surface area contributed by atoms with Crippen molar-refractivity contribution in [1.82, 2.24) is 9.97 Å². The van der Waals surface area contributed by atoms with Crippen LogP contribution >= 0.6 is 23.1 Å². The molecule has 0 bridgehead atoms. The van der Waals surface area contributed by atoms with Gasteiger partial charge in [-0.15, -0.1) is 11.3 Å². The molecule has 4 aromatic rings. The predicted molar refractivity (Wildman–Crippen MR) is 126 cm³/mol. The zero-order chi connectivity index (χ0) is 21.5. The Balaban J connectivity index is 1.69. The number of ether oxygens (including phenoxy) is 1. The van der Waals surface area contributed by atoms with Gasteiger partial charge in [-0.05, 0) is 41.3 Å². The van der Waals surface area contributed by atoms with Gasteiger partial charge in [0.2, 0.25) is 0 Å². The number of methoxy groups -OCH3 is 1. The minimum absolute atomic E-state index is 0.436. The molecule has 0 amide bonds. The van der Waals surface area contributed by atoms with Gasteiger partial charge in [0, 0.05) is 16.2 Å². The van der Waals surface area contributed by atoms with E-state index < -0.39 is 0 Å². The molecule has 0 unspecified atom stereocenters. The summed E-state index contributed by atoms with van der Waals surface area (Å²) in [6.07, 6.45) is 0. The summed E-state index contributed by atoms with van der Waals surface area (Å²) >= 11 is 3.22. The fourth-order valence-corrected chi connectivity index (χ4v) is 4.45. The van der Waals surface area contributed by atoms with E-state index in [0.717, 1.165) is 17.1 Å². The van der Waals surface area contributed by atoms with Crippen molar-refractivity contribution >= 4 is 28.9 Å². The first kappa shape index (κ1) is 20.9. The van der Waals surface area contributed by atoms with E-state index in [1.54, 1.807) is 30.2 Å². The van der Waals surface area contributed by atoms with Gasteiger partial charge in [0.05, 0.1) is 19.3 Å². The molecule has 0 aliphatic carbocycles. The minimum Gasteiger partial charge on any atom is -0.497 e. The van der Waals surface area contributed by atoms with Gasteiger partial charge in [-0.3, -0.25) is 0 Å². The summed E-state index contributed by atoms with van der Waals surface area (Å²) in [6, 6.07) is 24.1. The average Bonchev–Trinajstić information content (AvgIpc) is 3.35. The number of thioether (sulfide) groups is 1. The molecule has 0 spiro atoms. The number of nitrogens with zero attached hydrogens (tertiary/aromatic N) is 3. The van der Waals surface area contributed by atoms with Crippen LogP contribution in [0.4, 0.5) is 5.82 Å². The lowest BCUT2D eigenvalue weighted by Crippen LogP contribution is -2.06. The Hall–Kier alpha value is -3.34. The smallest absolute Gasteiger partial charge is 0.190 e. The zero-order valence-corrected chi connectivity index (χ0v) is 18.5. The molecular weight excluding hydrogens is 424 g/mol. The molecule has 2 aromatic heterocycles. The lowest BCUT2D eigenvalue weighted by Gasteiger charge is -2.13. The van der Waals surface area contributed by atoms with Crippen LogP contribution in [0.2, 0.25) is 0 Å². The van der Waals surface area contributed by atoms with E-state index in [0.29, 0.717) is 28.8 Å². The van der Waals surface area contributed by atoms with Crippen molar-refractivity contribution in [2.45, 2.75) is 17.5 Å². The molecule has 2 heterocycles. The summed E-state index contributed by atoms with van der Waals surface area (Å²) in [6.45, 7) is 0.605. The van der Waals surface area contributed by atoms with Crippen LogP contribution in [0.5, 0.6) is 5.75 Å². The standard InChI is InChI=1S/C24H20N4OS2/c1-29-19-11-9-18(10-12-19)22-21(14-25)23(26-15-20-8-5-13-30-20)28-24(27-22)31-16-17-6-3-2-4-7-17/h2-13H,15-16H2,1H3,(H,26,27,28). The Morgan fingerprint density at radius 1 is 1.03 bits per heavy atom. The number of benzene rings is 2. The highest BCUT2D eigenvalue weighted by molar-refractivity contribution is 7.98. The number of aromatic nitrogens is 2. The summed E-state index contributed by atoms with van der Waals surface area (Å²) in [5, 5.41) is 15.9. The third kappa shape index (κ3) is 5.23. The number of nitrogens with one attached hydrogen (secondary N) is 1. The second-order valence-electron chi connectivity index (χ2n) is 6.63. The summed E-state index contributed by atoms with van der Waals surface area (Å²) in [4.78, 5) is 10.6. The maximum Gasteiger partial charge on any atom is 0.190 e. The fourth-order valence-electron chi connectivity index (χ4n) is 3.00. The monoisotopic (exact) mass is 444 g/mol. The number of thiophene rings is 1. The van der Waals surface area contributed by atoms with Crippen LogP contribution in [0.15, 0.2) is 77.3 Å². The summed E-state index contributed by atoms with van der Waals surface area (Å²) in [5.74, 6) is 2.05. The van der Waals surface area contributed by atoms with Crippen LogP contribution in [-0.2, 0) is 12.3 Å². The van der Waals surface area contributed by atoms with Crippen LogP contribution in [0.25, 0.3) is 11.3 Å². The molecule has 0 fully saturated rings. The van der Waals surface area contributed by atoms with Gasteiger partial charge in [-0.1, -0.05) is 48.2 Å². The second-order valence-corrected chi connectivity index (χ2v) is 8.60. The second kappa shape index (κ2) is 10.1. The van der Waals surface area contributed by atoms with E-state index in [2.05, 4.69) is 34.6 Å². The predicted octanol–water partition coefficient (Wildman–Crippen LogP) is 5.99. The maximum atomic E-state index is 9.92. The van der Waals surface area contributed by atoms with Crippen molar-refractivity contribution in [1.29, 1.82) is 5.26 Å². The zero-order valence-electron chi connectivity index (χ0n) is 16.9. The van der Waals surface area contributed by atoms with Crippen LogP contribution in [0.1, 0.15) is 16.0 Å². The molecule has 0 aliphatic rings. The van der Waals surface area contributed by atoms with Crippen LogP contribution in [-0.4, -0.2) is 17.1 Å². The molecule has 1 N–H and O–H groups in total. The first-order chi connectivity index (χ1) is 15.3. The average molecular weight is 445 g/mol. The Kier molecular flexibility index (Phi) is 6.82. The van der Waals surface area contributed by atoms with Gasteiger partial charge < -0.3 is 10.1 Å². The molecule has 0 radical (unpaired) electrons. The molecule has 0 aliphatic heterocycles. The highest BCUT2D eigenvalue weighted by Gasteiger charge is 2.17. The molecule has 7 heteroatoms. The number of anilines is 1. The number of hydrogen-bond donors (Lipinski definition) is 1. The van der Waals surface area contributed by atoms with Crippen molar-refractivity contribution in [3.8, 4) is 23.1 Å². The Morgan fingerprint density at radius 3 is 2.52 bits per heavy atom. The quantitative estimate of drug-likeness (QED) is 0.266. The summed E-state index contributed by atoms with van der Waals surface area (Å²) in [7, 11) is 1.63. The van der Waals surface area contributed by atoms with Crippen molar-refractivity contribution in [3.63, 3.8) is 0 Å². The molecule has 0 atom stereocenters. The Bertz CT molecular complexity index is 1170. The van der Waals surface area contributed by atoms with Crippen LogP contribution in [0.3, 0.4) is 0 Å². The van der Waals surface area contributed by atoms with Crippen molar-refractivity contribution in [3.05, 3.63) is 88.1 Å². The third-order valence-corrected chi connectivity index (χ3v) is 6.38. The highest BCUT2D eigenvalue weighted by Crippen LogP contribution is 2.31. The molecule has 0 saturated carbocycles. The van der Waals surface area contributed by atoms with Gasteiger partial charge in [0.25, 0.3) is 0 Å². The summed E-state index contributed by atoms with van der Waals surface area (Å²) in [5.41, 5.74) is 3.09. The first-order valence-electron chi connectivity index (χ1n) is 9.66. The van der Waals surface area contributed by atoms with E-state index in [-0.39, 0.29) is 0 Å². The first-order valence-corrected chi connectivity index (χ1v) is 11.5. The minimum atomic E-state index is 0.436. The van der Waals surface area contributed by atoms with Gasteiger partial charge in [-0.25, -0.2) is 9.97 Å². The molecule has 5 nitrogen and oxygen atoms in total. The van der Waals surface area contributed by atoms with E-state index in [9.17, 15) is 5.26 Å². The maximum absolute atomic E-state index is 9.92. The van der Waals surface area contributed by atoms with Crippen molar-refractivity contribution in [2.24, 2.45) is 0 Å². The van der Waals surface area contributed by atoms with Gasteiger partial charge in [0.15, 0.2) is 5.16 Å². The summed E-state index contributed by atoms with van der Waals surface area (Å²) < 4.78 is 5.26. The third-order valence-electron chi connectivity index (χ3n) is 4.58. The van der Waals surface area contributed by atoms with Gasteiger partial charge in [-0.2, -0.15) is 5.26 Å². The highest BCUT2D eigenvalue weighted by atomic mass is 32.2. The molecule has 0 saturated heterocycles. The topological polar surface area (TPSA) is 70.8 Å². The lowest BCUT2D eigenvalue weighted by molar-refractivity contribution is 0.415. The normalized spacial score (nSPS) is 10.5. The lowest BCUT2D eigenvalue weighted by atomic mass is 10.1. The van der Waals surface area contributed by atoms with Crippen LogP contribution in [0, 0.1) is 11.3 Å². The van der Waals surface area contributed by atoms with Crippen molar-refractivity contribution < 1.29 is 4.74 Å². The molecule has 31 heavy (non-hydrogen) atoms. The van der Waals surface area contributed by atoms with E-state index in [4.69, 9.17) is 9.72 Å². The SMILES string of the molecule is COc1ccc(-c2nc(SCc3ccccc3)nc(NCc3cccs3)c2C#N)cc1. The van der Waals surface area contributed by atoms with E-state index in [1.165, 1.54) is 10.4 Å². The number of rotatable bonds is 8. The fraction of sp³-hybridized carbons (Fsp3) is 0.125. The van der Waals surface area contributed by atoms with Crippen molar-refractivity contribution in [2.75, 3.05) is 12.4 Å². The Labute approximate surface area is 189 Å². The van der Waals surface area contributed by atoms with Crippen LogP contribution < -0.4 is 10.1 Å². The van der Waals surface area contributed by atoms with Gasteiger partial charge >= 0.3 is 0 Å². The molecule has 154 valence electrons. The molecular formula is C24H20N4OS2. The number of nitriles is 1. The largest absolute Gasteiger partial charge is 0.497 e. The molecule has 4 rings (SSSR count). The van der Waals surface area contributed by atoms with Gasteiger partial charge in [0.1, 0.15) is 23.2 Å². The van der Waals surface area contributed by atoms with E-state index >= 15 is 0 Å². The molecule has 2 aromatic carbocycles.